The van der Waals surface area contributed by atoms with E-state index in [1.54, 1.807) is 48.5 Å². The molecule has 3 aromatic carbocycles. The van der Waals surface area contributed by atoms with E-state index in [0.29, 0.717) is 17.0 Å². The zero-order valence-electron chi connectivity index (χ0n) is 15.1. The SMILES string of the molecule is COc1ccccc1C(=O)NC(=S)Nc1ccc(N=Nc2ccccc2)cc1. The number of amides is 1. The van der Waals surface area contributed by atoms with Crippen LogP contribution in [0.3, 0.4) is 0 Å². The van der Waals surface area contributed by atoms with Crippen molar-refractivity contribution in [3.05, 3.63) is 84.4 Å². The highest BCUT2D eigenvalue weighted by Crippen LogP contribution is 2.20. The smallest absolute Gasteiger partial charge is 0.261 e. The maximum Gasteiger partial charge on any atom is 0.261 e. The van der Waals surface area contributed by atoms with Gasteiger partial charge in [0.2, 0.25) is 0 Å². The number of nitrogens with zero attached hydrogens (tertiary/aromatic N) is 2. The van der Waals surface area contributed by atoms with E-state index in [2.05, 4.69) is 20.9 Å². The molecule has 0 aliphatic rings. The Kier molecular flexibility index (Phi) is 6.43. The number of carbonyl (C=O) groups excluding carboxylic acids is 1. The predicted octanol–water partition coefficient (Wildman–Crippen LogP) is 5.24. The van der Waals surface area contributed by atoms with Crippen LogP contribution in [0.25, 0.3) is 0 Å². The fourth-order valence-corrected chi connectivity index (χ4v) is 2.60. The van der Waals surface area contributed by atoms with E-state index in [9.17, 15) is 4.79 Å². The third-order valence-electron chi connectivity index (χ3n) is 3.74. The number of anilines is 1. The van der Waals surface area contributed by atoms with Gasteiger partial charge in [0.05, 0.1) is 24.0 Å². The quantitative estimate of drug-likeness (QED) is 0.462. The summed E-state index contributed by atoms with van der Waals surface area (Å²) in [6, 6.07) is 23.7. The molecular formula is C21H18N4O2S. The van der Waals surface area contributed by atoms with Crippen LogP contribution >= 0.6 is 12.2 Å². The summed E-state index contributed by atoms with van der Waals surface area (Å²) in [5.74, 6) is 0.138. The summed E-state index contributed by atoms with van der Waals surface area (Å²) in [7, 11) is 1.51. The maximum atomic E-state index is 12.4. The summed E-state index contributed by atoms with van der Waals surface area (Å²) in [4.78, 5) is 12.4. The Hall–Kier alpha value is -3.58. The zero-order valence-corrected chi connectivity index (χ0v) is 15.9. The van der Waals surface area contributed by atoms with E-state index in [1.807, 2.05) is 30.3 Å². The van der Waals surface area contributed by atoms with Crippen molar-refractivity contribution in [2.24, 2.45) is 10.2 Å². The van der Waals surface area contributed by atoms with Crippen LogP contribution in [0.4, 0.5) is 17.1 Å². The molecule has 0 radical (unpaired) electrons. The van der Waals surface area contributed by atoms with Crippen molar-refractivity contribution < 1.29 is 9.53 Å². The second kappa shape index (κ2) is 9.38. The fraction of sp³-hybridized carbons (Fsp3) is 0.0476. The zero-order chi connectivity index (χ0) is 19.8. The molecule has 2 N–H and O–H groups in total. The van der Waals surface area contributed by atoms with Gasteiger partial charge in [-0.15, -0.1) is 0 Å². The molecule has 7 heteroatoms. The van der Waals surface area contributed by atoms with Crippen LogP contribution < -0.4 is 15.4 Å². The molecule has 0 saturated heterocycles. The number of nitrogens with one attached hydrogen (secondary N) is 2. The molecule has 0 atom stereocenters. The minimum absolute atomic E-state index is 0.189. The molecule has 0 aliphatic heterocycles. The van der Waals surface area contributed by atoms with E-state index < -0.39 is 0 Å². The minimum atomic E-state index is -0.344. The number of thiocarbonyl (C=S) groups is 1. The van der Waals surface area contributed by atoms with E-state index >= 15 is 0 Å². The molecular weight excluding hydrogens is 372 g/mol. The van der Waals surface area contributed by atoms with Crippen LogP contribution in [-0.2, 0) is 0 Å². The number of methoxy groups -OCH3 is 1. The lowest BCUT2D eigenvalue weighted by Gasteiger charge is -2.11. The molecule has 0 saturated carbocycles. The summed E-state index contributed by atoms with van der Waals surface area (Å²) in [5.41, 5.74) is 2.62. The van der Waals surface area contributed by atoms with Gasteiger partial charge in [0.15, 0.2) is 5.11 Å². The number of hydrogen-bond acceptors (Lipinski definition) is 5. The highest BCUT2D eigenvalue weighted by Gasteiger charge is 2.12. The van der Waals surface area contributed by atoms with Gasteiger partial charge in [0, 0.05) is 5.69 Å². The largest absolute Gasteiger partial charge is 0.496 e. The molecule has 0 aromatic heterocycles. The standard InChI is InChI=1S/C21H18N4O2S/c1-27-19-10-6-5-9-18(19)20(26)23-21(28)22-15-11-13-17(14-12-15)25-24-16-7-3-2-4-8-16/h2-14H,1H3,(H2,22,23,26,28). The number of carbonyl (C=O) groups is 1. The molecule has 0 spiro atoms. The van der Waals surface area contributed by atoms with Crippen molar-refractivity contribution in [2.75, 3.05) is 12.4 Å². The van der Waals surface area contributed by atoms with Crippen LogP contribution in [0, 0.1) is 0 Å². The predicted molar refractivity (Wildman–Crippen MR) is 114 cm³/mol. The molecule has 0 bridgehead atoms. The first-order valence-corrected chi connectivity index (χ1v) is 8.89. The van der Waals surface area contributed by atoms with Gasteiger partial charge in [-0.3, -0.25) is 10.1 Å². The van der Waals surface area contributed by atoms with E-state index in [4.69, 9.17) is 17.0 Å². The summed E-state index contributed by atoms with van der Waals surface area (Å²) in [6.45, 7) is 0. The Morgan fingerprint density at radius 2 is 1.46 bits per heavy atom. The Labute approximate surface area is 168 Å². The topological polar surface area (TPSA) is 75.1 Å². The van der Waals surface area contributed by atoms with E-state index in [-0.39, 0.29) is 11.0 Å². The lowest BCUT2D eigenvalue weighted by atomic mass is 10.2. The number of para-hydroxylation sites is 1. The van der Waals surface area contributed by atoms with Crippen LogP contribution in [0.1, 0.15) is 10.4 Å². The third-order valence-corrected chi connectivity index (χ3v) is 3.95. The summed E-state index contributed by atoms with van der Waals surface area (Å²) >= 11 is 5.21. The Balaban J connectivity index is 1.58. The molecule has 1 amide bonds. The molecule has 0 aliphatic carbocycles. The van der Waals surface area contributed by atoms with Gasteiger partial charge < -0.3 is 10.1 Å². The molecule has 3 rings (SSSR count). The molecule has 3 aromatic rings. The fourth-order valence-electron chi connectivity index (χ4n) is 2.39. The van der Waals surface area contributed by atoms with Crippen molar-refractivity contribution in [1.82, 2.24) is 5.32 Å². The molecule has 28 heavy (non-hydrogen) atoms. The van der Waals surface area contributed by atoms with Gasteiger partial charge in [-0.1, -0.05) is 30.3 Å². The van der Waals surface area contributed by atoms with Gasteiger partial charge in [-0.2, -0.15) is 10.2 Å². The first-order valence-electron chi connectivity index (χ1n) is 8.48. The average Bonchev–Trinajstić information content (AvgIpc) is 2.74. The number of rotatable bonds is 5. The average molecular weight is 390 g/mol. The number of hydrogen-bond donors (Lipinski definition) is 2. The Morgan fingerprint density at radius 1 is 0.857 bits per heavy atom. The van der Waals surface area contributed by atoms with Crippen molar-refractivity contribution in [3.63, 3.8) is 0 Å². The van der Waals surface area contributed by atoms with Gasteiger partial charge in [0.25, 0.3) is 5.91 Å². The molecule has 140 valence electrons. The highest BCUT2D eigenvalue weighted by atomic mass is 32.1. The van der Waals surface area contributed by atoms with Crippen molar-refractivity contribution in [1.29, 1.82) is 0 Å². The second-order valence-corrected chi connectivity index (χ2v) is 6.10. The number of benzene rings is 3. The summed E-state index contributed by atoms with van der Waals surface area (Å²) < 4.78 is 5.19. The number of azo groups is 1. The van der Waals surface area contributed by atoms with Crippen LogP contribution in [0.5, 0.6) is 5.75 Å². The monoisotopic (exact) mass is 390 g/mol. The lowest BCUT2D eigenvalue weighted by molar-refractivity contribution is 0.0975. The summed E-state index contributed by atoms with van der Waals surface area (Å²) in [5, 5.41) is 14.1. The Bertz CT molecular complexity index is 989. The van der Waals surface area contributed by atoms with Crippen molar-refractivity contribution in [2.45, 2.75) is 0 Å². The van der Waals surface area contributed by atoms with Gasteiger partial charge >= 0.3 is 0 Å². The van der Waals surface area contributed by atoms with E-state index in [1.165, 1.54) is 7.11 Å². The molecule has 6 nitrogen and oxygen atoms in total. The maximum absolute atomic E-state index is 12.4. The van der Waals surface area contributed by atoms with Crippen molar-refractivity contribution >= 4 is 40.3 Å². The first-order chi connectivity index (χ1) is 13.7. The minimum Gasteiger partial charge on any atom is -0.496 e. The molecule has 0 heterocycles. The highest BCUT2D eigenvalue weighted by molar-refractivity contribution is 7.80. The third kappa shape index (κ3) is 5.21. The van der Waals surface area contributed by atoms with Gasteiger partial charge in [-0.05, 0) is 60.7 Å². The van der Waals surface area contributed by atoms with Gasteiger partial charge in [-0.25, -0.2) is 0 Å². The summed E-state index contributed by atoms with van der Waals surface area (Å²) in [6.07, 6.45) is 0. The molecule has 0 unspecified atom stereocenters. The Morgan fingerprint density at radius 3 is 2.14 bits per heavy atom. The molecule has 0 fully saturated rings. The normalized spacial score (nSPS) is 10.5. The van der Waals surface area contributed by atoms with Crippen molar-refractivity contribution in [3.8, 4) is 5.75 Å². The lowest BCUT2D eigenvalue weighted by Crippen LogP contribution is -2.34. The van der Waals surface area contributed by atoms with E-state index in [0.717, 1.165) is 11.4 Å². The number of ether oxygens (including phenoxy) is 1. The van der Waals surface area contributed by atoms with Crippen LogP contribution in [-0.4, -0.2) is 18.1 Å². The van der Waals surface area contributed by atoms with Crippen LogP contribution in [0.2, 0.25) is 0 Å². The van der Waals surface area contributed by atoms with Gasteiger partial charge in [0.1, 0.15) is 5.75 Å². The second-order valence-electron chi connectivity index (χ2n) is 5.69. The van der Waals surface area contributed by atoms with Crippen LogP contribution in [0.15, 0.2) is 89.1 Å². The first kappa shape index (κ1) is 19.2.